The van der Waals surface area contributed by atoms with Crippen molar-refractivity contribution in [3.63, 3.8) is 0 Å². The fourth-order valence-corrected chi connectivity index (χ4v) is 3.17. The number of hydrogen-bond donors (Lipinski definition) is 3. The van der Waals surface area contributed by atoms with Crippen molar-refractivity contribution in [2.24, 2.45) is 17.8 Å². The lowest BCUT2D eigenvalue weighted by Gasteiger charge is -2.28. The number of nitrogens with zero attached hydrogens (tertiary/aromatic N) is 2. The van der Waals surface area contributed by atoms with E-state index in [2.05, 4.69) is 21.0 Å². The number of carbonyl (C=O) groups is 1. The van der Waals surface area contributed by atoms with Gasteiger partial charge in [-0.3, -0.25) is 4.79 Å². The maximum Gasteiger partial charge on any atom is 0.229 e. The summed E-state index contributed by atoms with van der Waals surface area (Å²) in [4.78, 5) is 12.2. The van der Waals surface area contributed by atoms with Gasteiger partial charge in [0, 0.05) is 25.1 Å². The van der Waals surface area contributed by atoms with Crippen LogP contribution in [0.3, 0.4) is 0 Å². The zero-order valence-corrected chi connectivity index (χ0v) is 10.1. The lowest BCUT2D eigenvalue weighted by atomic mass is 10.2. The summed E-state index contributed by atoms with van der Waals surface area (Å²) in [6.07, 6.45) is 1.75. The molecule has 18 heavy (non-hydrogen) atoms. The van der Waals surface area contributed by atoms with E-state index in [1.165, 1.54) is 0 Å². The normalized spacial score (nSPS) is 33.9. The second kappa shape index (κ2) is 3.80. The van der Waals surface area contributed by atoms with Crippen molar-refractivity contribution in [1.82, 2.24) is 20.4 Å². The van der Waals surface area contributed by atoms with E-state index in [-0.39, 0.29) is 11.8 Å². The molecule has 3 aliphatic rings. The van der Waals surface area contributed by atoms with Crippen molar-refractivity contribution in [3.05, 3.63) is 12.3 Å². The molecule has 1 aromatic heterocycles. The topological polar surface area (TPSA) is 71.0 Å². The molecule has 96 valence electrons. The molecule has 0 radical (unpaired) electrons. The quantitative estimate of drug-likeness (QED) is 0.669. The fourth-order valence-electron chi connectivity index (χ4n) is 3.17. The number of piperidine rings is 1. The van der Waals surface area contributed by atoms with Gasteiger partial charge in [-0.1, -0.05) is 0 Å². The second-order valence-corrected chi connectivity index (χ2v) is 5.47. The molecule has 3 heterocycles. The monoisotopic (exact) mass is 247 g/mol. The van der Waals surface area contributed by atoms with Gasteiger partial charge >= 0.3 is 0 Å². The molecular formula is C12H17N5O. The van der Waals surface area contributed by atoms with Crippen molar-refractivity contribution in [2.45, 2.75) is 6.04 Å². The second-order valence-electron chi connectivity index (χ2n) is 5.47. The molecule has 0 bridgehead atoms. The number of aromatic nitrogens is 2. The first kappa shape index (κ1) is 10.5. The fraction of sp³-hybridized carbons (Fsp3) is 0.667. The van der Waals surface area contributed by atoms with Gasteiger partial charge < -0.3 is 16.0 Å². The van der Waals surface area contributed by atoms with E-state index in [9.17, 15) is 4.79 Å². The van der Waals surface area contributed by atoms with Crippen molar-refractivity contribution >= 4 is 11.7 Å². The Kier molecular flexibility index (Phi) is 2.22. The van der Waals surface area contributed by atoms with E-state index in [0.717, 1.165) is 32.0 Å². The number of rotatable bonds is 3. The largest absolute Gasteiger partial charge is 0.316 e. The van der Waals surface area contributed by atoms with Crippen LogP contribution in [0.4, 0.5) is 5.82 Å². The smallest absolute Gasteiger partial charge is 0.229 e. The summed E-state index contributed by atoms with van der Waals surface area (Å²) in [5.41, 5.74) is 0. The van der Waals surface area contributed by atoms with Gasteiger partial charge in [0.25, 0.3) is 0 Å². The van der Waals surface area contributed by atoms with Crippen molar-refractivity contribution < 1.29 is 4.79 Å². The Morgan fingerprint density at radius 3 is 2.67 bits per heavy atom. The van der Waals surface area contributed by atoms with Crippen LogP contribution in [0.5, 0.6) is 0 Å². The van der Waals surface area contributed by atoms with Crippen LogP contribution >= 0.6 is 0 Å². The van der Waals surface area contributed by atoms with E-state index in [0.29, 0.717) is 17.9 Å². The van der Waals surface area contributed by atoms with Crippen molar-refractivity contribution in [3.8, 4) is 0 Å². The van der Waals surface area contributed by atoms with Crippen LogP contribution in [0.1, 0.15) is 6.04 Å². The van der Waals surface area contributed by atoms with Crippen molar-refractivity contribution in [1.29, 1.82) is 0 Å². The summed E-state index contributed by atoms with van der Waals surface area (Å²) >= 11 is 0. The Hall–Kier alpha value is -1.40. The van der Waals surface area contributed by atoms with Gasteiger partial charge in [0.15, 0.2) is 0 Å². The Morgan fingerprint density at radius 1 is 1.28 bits per heavy atom. The van der Waals surface area contributed by atoms with E-state index in [4.69, 9.17) is 0 Å². The molecule has 3 atom stereocenters. The van der Waals surface area contributed by atoms with Gasteiger partial charge in [-0.25, -0.2) is 4.68 Å². The minimum absolute atomic E-state index is 0.167. The Labute approximate surface area is 105 Å². The first-order valence-electron chi connectivity index (χ1n) is 6.60. The lowest BCUT2D eigenvalue weighted by Crippen LogP contribution is -2.44. The number of fused-ring (bicyclic) bond motifs is 1. The number of nitrogens with one attached hydrogen (secondary N) is 3. The summed E-state index contributed by atoms with van der Waals surface area (Å²) in [7, 11) is 0. The van der Waals surface area contributed by atoms with Gasteiger partial charge in [-0.05, 0) is 24.9 Å². The van der Waals surface area contributed by atoms with Gasteiger partial charge in [-0.2, -0.15) is 5.10 Å². The van der Waals surface area contributed by atoms with Crippen LogP contribution in [-0.4, -0.2) is 41.9 Å². The summed E-state index contributed by atoms with van der Waals surface area (Å²) in [6.45, 7) is 3.86. The molecule has 0 aromatic carbocycles. The molecule has 1 amide bonds. The summed E-state index contributed by atoms with van der Waals surface area (Å²) in [5.74, 6) is 2.34. The average Bonchev–Trinajstić information content (AvgIpc) is 2.66. The maximum absolute atomic E-state index is 12.2. The lowest BCUT2D eigenvalue weighted by molar-refractivity contribution is -0.118. The molecular weight excluding hydrogens is 230 g/mol. The number of amides is 1. The van der Waals surface area contributed by atoms with E-state index >= 15 is 0 Å². The number of anilines is 1. The van der Waals surface area contributed by atoms with Crippen LogP contribution < -0.4 is 16.0 Å². The average molecular weight is 247 g/mol. The third-order valence-corrected chi connectivity index (χ3v) is 4.42. The molecule has 2 saturated heterocycles. The zero-order chi connectivity index (χ0) is 12.1. The maximum atomic E-state index is 12.2. The summed E-state index contributed by atoms with van der Waals surface area (Å²) < 4.78 is 1.92. The minimum atomic E-state index is 0.167. The highest BCUT2D eigenvalue weighted by Crippen LogP contribution is 2.49. The summed E-state index contributed by atoms with van der Waals surface area (Å²) in [6, 6.07) is 2.27. The molecule has 2 aliphatic heterocycles. The molecule has 3 fully saturated rings. The van der Waals surface area contributed by atoms with Gasteiger partial charge in [0.2, 0.25) is 5.91 Å². The third-order valence-electron chi connectivity index (χ3n) is 4.42. The van der Waals surface area contributed by atoms with Gasteiger partial charge in [0.05, 0.1) is 12.2 Å². The Bertz CT molecular complexity index is 471. The first-order chi connectivity index (χ1) is 8.84. The molecule has 3 N–H and O–H groups in total. The van der Waals surface area contributed by atoms with Crippen LogP contribution in [0.25, 0.3) is 0 Å². The standard InChI is InChI=1S/C12H17N5O/c18-12(11-8-5-14-6-9(8)11)16-10-1-2-15-17(10)7-3-13-4-7/h1-2,7-9,11,13-14H,3-6H2,(H,16,18)/t8-,9+,11?. The molecule has 1 saturated carbocycles. The van der Waals surface area contributed by atoms with E-state index < -0.39 is 0 Å². The van der Waals surface area contributed by atoms with Crippen LogP contribution in [0.2, 0.25) is 0 Å². The molecule has 0 spiro atoms. The van der Waals surface area contributed by atoms with Crippen LogP contribution in [0, 0.1) is 17.8 Å². The highest BCUT2D eigenvalue weighted by Gasteiger charge is 2.56. The number of hydrogen-bond acceptors (Lipinski definition) is 4. The van der Waals surface area contributed by atoms with Crippen LogP contribution in [-0.2, 0) is 4.79 Å². The Balaban J connectivity index is 1.45. The van der Waals surface area contributed by atoms with Gasteiger partial charge in [-0.15, -0.1) is 0 Å². The van der Waals surface area contributed by atoms with Crippen molar-refractivity contribution in [2.75, 3.05) is 31.5 Å². The predicted molar refractivity (Wildman–Crippen MR) is 66.1 cm³/mol. The molecule has 6 heteroatoms. The third kappa shape index (κ3) is 1.49. The highest BCUT2D eigenvalue weighted by atomic mass is 16.2. The first-order valence-corrected chi connectivity index (χ1v) is 6.60. The molecule has 1 aliphatic carbocycles. The minimum Gasteiger partial charge on any atom is -0.316 e. The molecule has 4 rings (SSSR count). The van der Waals surface area contributed by atoms with Gasteiger partial charge in [0.1, 0.15) is 5.82 Å². The highest BCUT2D eigenvalue weighted by molar-refractivity contribution is 5.94. The Morgan fingerprint density at radius 2 is 2.00 bits per heavy atom. The number of carbonyl (C=O) groups excluding carboxylic acids is 1. The van der Waals surface area contributed by atoms with E-state index in [1.54, 1.807) is 6.20 Å². The SMILES string of the molecule is O=C(Nc1ccnn1C1CNC1)C1[C@H]2CNC[C@@H]12. The predicted octanol–water partition coefficient (Wildman–Crippen LogP) is -0.569. The summed E-state index contributed by atoms with van der Waals surface area (Å²) in [5, 5.41) is 13.9. The zero-order valence-electron chi connectivity index (χ0n) is 10.1. The molecule has 1 aromatic rings. The van der Waals surface area contributed by atoms with Crippen LogP contribution in [0.15, 0.2) is 12.3 Å². The molecule has 1 unspecified atom stereocenters. The van der Waals surface area contributed by atoms with E-state index in [1.807, 2.05) is 10.7 Å². The molecule has 6 nitrogen and oxygen atoms in total.